The average molecular weight is 304 g/mol. The zero-order chi connectivity index (χ0) is 15.2. The molecule has 0 radical (unpaired) electrons. The van der Waals surface area contributed by atoms with E-state index in [2.05, 4.69) is 65.8 Å². The summed E-state index contributed by atoms with van der Waals surface area (Å²) in [6.45, 7) is 10.2. The minimum atomic E-state index is 0.315. The highest BCUT2D eigenvalue weighted by Gasteiger charge is 2.12. The van der Waals surface area contributed by atoms with E-state index in [4.69, 9.17) is 0 Å². The van der Waals surface area contributed by atoms with E-state index in [0.717, 1.165) is 42.5 Å². The smallest absolute Gasteiger partial charge is 0.135 e. The second kappa shape index (κ2) is 7.41. The topological polar surface area (TPSA) is 49.8 Å². The van der Waals surface area contributed by atoms with Gasteiger partial charge in [0.15, 0.2) is 0 Å². The van der Waals surface area contributed by atoms with Gasteiger partial charge in [-0.3, -0.25) is 0 Å². The van der Waals surface area contributed by atoms with Crippen LogP contribution in [-0.2, 0) is 6.54 Å². The highest BCUT2D eigenvalue weighted by Crippen LogP contribution is 2.24. The summed E-state index contributed by atoms with van der Waals surface area (Å²) >= 11 is 1.76. The lowest BCUT2D eigenvalue weighted by molar-refractivity contribution is 0.771. The zero-order valence-corrected chi connectivity index (χ0v) is 14.0. The standard InChI is InChI=1S/C16H24N4S/c1-5-8-17-15-12(4)16(20-14(19-15)11(2)3)18-10-13-7-6-9-21-13/h6-7,9,11H,5,8,10H2,1-4H3,(H2,17,18,19,20). The van der Waals surface area contributed by atoms with Crippen molar-refractivity contribution >= 4 is 23.0 Å². The lowest BCUT2D eigenvalue weighted by Crippen LogP contribution is -2.12. The maximum Gasteiger partial charge on any atom is 0.135 e. The minimum Gasteiger partial charge on any atom is -0.370 e. The first-order valence-electron chi connectivity index (χ1n) is 7.50. The Bertz CT molecular complexity index is 564. The SMILES string of the molecule is CCCNc1nc(C(C)C)nc(NCc2cccs2)c1C. The van der Waals surface area contributed by atoms with E-state index in [1.807, 2.05) is 0 Å². The van der Waals surface area contributed by atoms with Crippen LogP contribution in [0.4, 0.5) is 11.6 Å². The largest absolute Gasteiger partial charge is 0.370 e. The molecule has 21 heavy (non-hydrogen) atoms. The second-order valence-electron chi connectivity index (χ2n) is 5.42. The zero-order valence-electron chi connectivity index (χ0n) is 13.2. The molecular weight excluding hydrogens is 280 g/mol. The van der Waals surface area contributed by atoms with Gasteiger partial charge in [0.05, 0.1) is 6.54 Å². The van der Waals surface area contributed by atoms with Gasteiger partial charge in [0.1, 0.15) is 17.5 Å². The van der Waals surface area contributed by atoms with E-state index < -0.39 is 0 Å². The number of thiophene rings is 1. The van der Waals surface area contributed by atoms with E-state index >= 15 is 0 Å². The van der Waals surface area contributed by atoms with Gasteiger partial charge in [-0.05, 0) is 24.8 Å². The number of rotatable bonds is 7. The van der Waals surface area contributed by atoms with Crippen LogP contribution in [0.5, 0.6) is 0 Å². The van der Waals surface area contributed by atoms with Gasteiger partial charge < -0.3 is 10.6 Å². The van der Waals surface area contributed by atoms with Crippen molar-refractivity contribution in [1.82, 2.24) is 9.97 Å². The number of nitrogens with one attached hydrogen (secondary N) is 2. The van der Waals surface area contributed by atoms with Crippen molar-refractivity contribution in [3.05, 3.63) is 33.8 Å². The van der Waals surface area contributed by atoms with Crippen LogP contribution in [0.3, 0.4) is 0 Å². The Morgan fingerprint density at radius 1 is 1.19 bits per heavy atom. The first-order chi connectivity index (χ1) is 10.1. The molecule has 0 aliphatic heterocycles. The Labute approximate surface area is 131 Å². The molecule has 114 valence electrons. The van der Waals surface area contributed by atoms with E-state index in [9.17, 15) is 0 Å². The summed E-state index contributed by atoms with van der Waals surface area (Å²) in [7, 11) is 0. The molecular formula is C16H24N4S. The van der Waals surface area contributed by atoms with Gasteiger partial charge in [0.25, 0.3) is 0 Å². The third-order valence-electron chi connectivity index (χ3n) is 3.23. The Kier molecular flexibility index (Phi) is 5.56. The van der Waals surface area contributed by atoms with Crippen molar-refractivity contribution in [2.45, 2.75) is 46.6 Å². The van der Waals surface area contributed by atoms with Gasteiger partial charge in [-0.15, -0.1) is 11.3 Å². The molecule has 2 heterocycles. The second-order valence-corrected chi connectivity index (χ2v) is 6.45. The summed E-state index contributed by atoms with van der Waals surface area (Å²) in [6.07, 6.45) is 1.08. The number of hydrogen-bond acceptors (Lipinski definition) is 5. The van der Waals surface area contributed by atoms with Crippen molar-refractivity contribution in [1.29, 1.82) is 0 Å². The summed E-state index contributed by atoms with van der Waals surface area (Å²) in [5.74, 6) is 3.08. The number of anilines is 2. The van der Waals surface area contributed by atoms with Crippen LogP contribution in [0.15, 0.2) is 17.5 Å². The molecule has 2 aromatic rings. The fourth-order valence-corrected chi connectivity index (χ4v) is 2.61. The third-order valence-corrected chi connectivity index (χ3v) is 4.11. The van der Waals surface area contributed by atoms with Gasteiger partial charge in [-0.1, -0.05) is 26.8 Å². The monoisotopic (exact) mass is 304 g/mol. The highest BCUT2D eigenvalue weighted by molar-refractivity contribution is 7.09. The molecule has 0 saturated heterocycles. The van der Waals surface area contributed by atoms with Gasteiger partial charge in [-0.25, -0.2) is 9.97 Å². The summed E-state index contributed by atoms with van der Waals surface area (Å²) in [6, 6.07) is 4.20. The molecule has 0 aliphatic carbocycles. The molecule has 0 aromatic carbocycles. The fraction of sp³-hybridized carbons (Fsp3) is 0.500. The maximum absolute atomic E-state index is 4.68. The summed E-state index contributed by atoms with van der Waals surface area (Å²) in [5, 5.41) is 8.94. The highest BCUT2D eigenvalue weighted by atomic mass is 32.1. The first-order valence-corrected chi connectivity index (χ1v) is 8.38. The third kappa shape index (κ3) is 4.17. The molecule has 2 aromatic heterocycles. The van der Waals surface area contributed by atoms with E-state index in [0.29, 0.717) is 5.92 Å². The quantitative estimate of drug-likeness (QED) is 0.796. The van der Waals surface area contributed by atoms with Crippen molar-refractivity contribution in [3.63, 3.8) is 0 Å². The first kappa shape index (κ1) is 15.8. The van der Waals surface area contributed by atoms with E-state index in [-0.39, 0.29) is 0 Å². The molecule has 0 fully saturated rings. The normalized spacial score (nSPS) is 10.9. The molecule has 5 heteroatoms. The predicted octanol–water partition coefficient (Wildman–Crippen LogP) is 4.40. The molecule has 0 aliphatic rings. The average Bonchev–Trinajstić information content (AvgIpc) is 2.98. The molecule has 0 saturated carbocycles. The molecule has 2 rings (SSSR count). The fourth-order valence-electron chi connectivity index (χ4n) is 1.96. The van der Waals surface area contributed by atoms with Crippen molar-refractivity contribution < 1.29 is 0 Å². The molecule has 0 amide bonds. The molecule has 0 atom stereocenters. The maximum atomic E-state index is 4.68. The van der Waals surface area contributed by atoms with Crippen LogP contribution in [0.1, 0.15) is 49.4 Å². The lowest BCUT2D eigenvalue weighted by Gasteiger charge is -2.16. The number of aromatic nitrogens is 2. The van der Waals surface area contributed by atoms with Gasteiger partial charge in [-0.2, -0.15) is 0 Å². The van der Waals surface area contributed by atoms with Crippen LogP contribution in [0.2, 0.25) is 0 Å². The molecule has 0 bridgehead atoms. The van der Waals surface area contributed by atoms with Crippen LogP contribution in [0.25, 0.3) is 0 Å². The molecule has 2 N–H and O–H groups in total. The molecule has 4 nitrogen and oxygen atoms in total. The summed E-state index contributed by atoms with van der Waals surface area (Å²) < 4.78 is 0. The van der Waals surface area contributed by atoms with Gasteiger partial charge in [0.2, 0.25) is 0 Å². The lowest BCUT2D eigenvalue weighted by atomic mass is 10.2. The van der Waals surface area contributed by atoms with Gasteiger partial charge in [0, 0.05) is 22.9 Å². The molecule has 0 unspecified atom stereocenters. The van der Waals surface area contributed by atoms with Crippen LogP contribution in [-0.4, -0.2) is 16.5 Å². The predicted molar refractivity (Wildman–Crippen MR) is 91.3 cm³/mol. The Morgan fingerprint density at radius 3 is 2.48 bits per heavy atom. The minimum absolute atomic E-state index is 0.315. The van der Waals surface area contributed by atoms with Crippen LogP contribution >= 0.6 is 11.3 Å². The molecule has 0 spiro atoms. The van der Waals surface area contributed by atoms with Crippen molar-refractivity contribution in [2.75, 3.05) is 17.2 Å². The Balaban J connectivity index is 2.22. The van der Waals surface area contributed by atoms with Crippen LogP contribution in [0, 0.1) is 6.92 Å². The van der Waals surface area contributed by atoms with Gasteiger partial charge >= 0.3 is 0 Å². The summed E-state index contributed by atoms with van der Waals surface area (Å²) in [4.78, 5) is 10.6. The van der Waals surface area contributed by atoms with Crippen LogP contribution < -0.4 is 10.6 Å². The number of nitrogens with zero attached hydrogens (tertiary/aromatic N) is 2. The van der Waals surface area contributed by atoms with E-state index in [1.165, 1.54) is 4.88 Å². The Hall–Kier alpha value is -1.62. The van der Waals surface area contributed by atoms with Crippen molar-refractivity contribution in [3.8, 4) is 0 Å². The Morgan fingerprint density at radius 2 is 1.90 bits per heavy atom. The van der Waals surface area contributed by atoms with E-state index in [1.54, 1.807) is 11.3 Å². The van der Waals surface area contributed by atoms with Crippen molar-refractivity contribution in [2.24, 2.45) is 0 Å². The number of hydrogen-bond donors (Lipinski definition) is 2. The summed E-state index contributed by atoms with van der Waals surface area (Å²) in [5.41, 5.74) is 1.09.